The molecule has 2 nitrogen and oxygen atoms in total. The van der Waals surface area contributed by atoms with E-state index < -0.39 is 18.1 Å². The topological polar surface area (TPSA) is 29.1 Å². The predicted molar refractivity (Wildman–Crippen MR) is 67.3 cm³/mol. The lowest BCUT2D eigenvalue weighted by Gasteiger charge is -2.17. The van der Waals surface area contributed by atoms with E-state index in [1.165, 1.54) is 0 Å². The maximum Gasteiger partial charge on any atom is 0.471 e. The summed E-state index contributed by atoms with van der Waals surface area (Å²) in [7, 11) is 0. The molecule has 0 heterocycles. The van der Waals surface area contributed by atoms with E-state index in [-0.39, 0.29) is 0 Å². The van der Waals surface area contributed by atoms with Crippen LogP contribution >= 0.6 is 34.2 Å². The largest absolute Gasteiger partial charge is 0.471 e. The van der Waals surface area contributed by atoms with Gasteiger partial charge in [-0.1, -0.05) is 46.3 Å². The van der Waals surface area contributed by atoms with Gasteiger partial charge in [-0.3, -0.25) is 4.79 Å². The fraction of sp³-hybridized carbons (Fsp3) is 0.300. The smallest absolute Gasteiger partial charge is 0.341 e. The molecule has 17 heavy (non-hydrogen) atoms. The summed E-state index contributed by atoms with van der Waals surface area (Å²) in [6, 6.07) is 5.62. The molecule has 0 aliphatic rings. The summed E-state index contributed by atoms with van der Waals surface area (Å²) >= 11 is 7.58. The first kappa shape index (κ1) is 14.6. The zero-order valence-corrected chi connectivity index (χ0v) is 11.3. The summed E-state index contributed by atoms with van der Waals surface area (Å²) in [5.41, 5.74) is 0.585. The summed E-state index contributed by atoms with van der Waals surface area (Å²) in [6.45, 7) is 0. The Hall–Kier alpha value is -0.500. The van der Waals surface area contributed by atoms with Crippen molar-refractivity contribution in [2.24, 2.45) is 0 Å². The van der Waals surface area contributed by atoms with Gasteiger partial charge >= 0.3 is 12.1 Å². The minimum absolute atomic E-state index is 0.335. The van der Waals surface area contributed by atoms with Gasteiger partial charge in [-0.05, 0) is 17.7 Å². The number of carbonyl (C=O) groups excluding carboxylic acids is 1. The average molecular weight is 378 g/mol. The molecule has 1 aromatic carbocycles. The number of hydrogen-bond acceptors (Lipinski definition) is 1. The first-order valence-corrected chi connectivity index (χ1v) is 6.44. The molecule has 0 saturated heterocycles. The van der Waals surface area contributed by atoms with E-state index in [1.54, 1.807) is 24.3 Å². The summed E-state index contributed by atoms with van der Waals surface area (Å²) < 4.78 is 36.6. The van der Waals surface area contributed by atoms with Gasteiger partial charge in [-0.25, -0.2) is 0 Å². The minimum Gasteiger partial charge on any atom is -0.341 e. The van der Waals surface area contributed by atoms with Gasteiger partial charge in [-0.2, -0.15) is 13.2 Å². The number of amides is 1. The molecule has 0 aromatic heterocycles. The van der Waals surface area contributed by atoms with Crippen molar-refractivity contribution in [3.63, 3.8) is 0 Å². The third kappa shape index (κ3) is 4.34. The first-order valence-electron chi connectivity index (χ1n) is 4.53. The molecule has 0 spiro atoms. The first-order chi connectivity index (χ1) is 7.84. The van der Waals surface area contributed by atoms with E-state index in [4.69, 9.17) is 11.6 Å². The highest BCUT2D eigenvalue weighted by molar-refractivity contribution is 14.1. The van der Waals surface area contributed by atoms with Gasteiger partial charge in [0.2, 0.25) is 0 Å². The van der Waals surface area contributed by atoms with Crippen LogP contribution < -0.4 is 5.32 Å². The van der Waals surface area contributed by atoms with Gasteiger partial charge in [0.25, 0.3) is 0 Å². The molecule has 0 fully saturated rings. The predicted octanol–water partition coefficient (Wildman–Crippen LogP) is 3.49. The third-order valence-corrected chi connectivity index (χ3v) is 3.12. The van der Waals surface area contributed by atoms with Crippen LogP contribution in [0.4, 0.5) is 13.2 Å². The maximum atomic E-state index is 12.1. The Labute approximate surface area is 115 Å². The molecule has 1 atom stereocenters. The van der Waals surface area contributed by atoms with Crippen LogP contribution in [0.5, 0.6) is 0 Å². The molecule has 94 valence electrons. The van der Waals surface area contributed by atoms with Gasteiger partial charge in [0.15, 0.2) is 0 Å². The van der Waals surface area contributed by atoms with Crippen molar-refractivity contribution in [2.75, 3.05) is 4.43 Å². The normalized spacial score (nSPS) is 13.2. The van der Waals surface area contributed by atoms with Crippen LogP contribution in [0, 0.1) is 0 Å². The fourth-order valence-corrected chi connectivity index (χ4v) is 2.00. The van der Waals surface area contributed by atoms with Crippen molar-refractivity contribution in [3.8, 4) is 0 Å². The quantitative estimate of drug-likeness (QED) is 0.634. The Morgan fingerprint density at radius 2 is 1.88 bits per heavy atom. The van der Waals surface area contributed by atoms with Gasteiger partial charge in [-0.15, -0.1) is 0 Å². The second-order valence-electron chi connectivity index (χ2n) is 3.23. The number of benzene rings is 1. The van der Waals surface area contributed by atoms with Crippen molar-refractivity contribution >= 4 is 40.1 Å². The minimum atomic E-state index is -4.86. The summed E-state index contributed by atoms with van der Waals surface area (Å²) in [5.74, 6) is -1.94. The summed E-state index contributed by atoms with van der Waals surface area (Å²) in [6.07, 6.45) is -4.86. The lowest BCUT2D eigenvalue weighted by molar-refractivity contribution is -0.174. The Morgan fingerprint density at radius 1 is 1.35 bits per heavy atom. The lowest BCUT2D eigenvalue weighted by Crippen LogP contribution is -2.39. The van der Waals surface area contributed by atoms with Crippen LogP contribution in [0.2, 0.25) is 5.02 Å². The molecule has 1 N–H and O–H groups in total. The highest BCUT2D eigenvalue weighted by Crippen LogP contribution is 2.21. The number of hydrogen-bond donors (Lipinski definition) is 1. The van der Waals surface area contributed by atoms with Crippen LogP contribution in [0.25, 0.3) is 0 Å². The van der Waals surface area contributed by atoms with Gasteiger partial charge in [0, 0.05) is 9.45 Å². The molecule has 1 unspecified atom stereocenters. The molecular weight excluding hydrogens is 369 g/mol. The van der Waals surface area contributed by atoms with Crippen molar-refractivity contribution < 1.29 is 18.0 Å². The molecule has 1 rings (SSSR count). The molecule has 0 aliphatic carbocycles. The number of halogens is 5. The zero-order chi connectivity index (χ0) is 13.1. The van der Waals surface area contributed by atoms with Crippen LogP contribution in [-0.2, 0) is 4.79 Å². The molecule has 0 radical (unpaired) electrons. The Balaban J connectivity index is 2.79. The van der Waals surface area contributed by atoms with Crippen LogP contribution in [0.15, 0.2) is 24.3 Å². The van der Waals surface area contributed by atoms with Crippen LogP contribution in [0.1, 0.15) is 11.6 Å². The Morgan fingerprint density at radius 3 is 2.29 bits per heavy atom. The average Bonchev–Trinajstić information content (AvgIpc) is 2.25. The zero-order valence-electron chi connectivity index (χ0n) is 8.39. The van der Waals surface area contributed by atoms with Crippen LogP contribution in [-0.4, -0.2) is 16.5 Å². The summed E-state index contributed by atoms with van der Waals surface area (Å²) in [4.78, 5) is 10.8. The van der Waals surface area contributed by atoms with Gasteiger partial charge in [0.1, 0.15) is 0 Å². The van der Waals surface area contributed by atoms with E-state index in [0.717, 1.165) is 0 Å². The highest BCUT2D eigenvalue weighted by Gasteiger charge is 2.39. The maximum absolute atomic E-state index is 12.1. The van der Waals surface area contributed by atoms with Crippen LogP contribution in [0.3, 0.4) is 0 Å². The number of rotatable bonds is 3. The fourth-order valence-electron chi connectivity index (χ4n) is 1.15. The van der Waals surface area contributed by atoms with E-state index in [9.17, 15) is 18.0 Å². The van der Waals surface area contributed by atoms with E-state index in [0.29, 0.717) is 15.0 Å². The standard InChI is InChI=1S/C10H8ClF3INO/c11-7-3-1-6(2-4-7)8(5-15)16-9(17)10(12,13)14/h1-4,8H,5H2,(H,16,17). The number of carbonyl (C=O) groups is 1. The van der Waals surface area contributed by atoms with Gasteiger partial charge in [0.05, 0.1) is 6.04 Å². The third-order valence-electron chi connectivity index (χ3n) is 1.99. The Kier molecular flexibility index (Phi) is 5.05. The molecule has 7 heteroatoms. The van der Waals surface area contributed by atoms with Gasteiger partial charge < -0.3 is 5.32 Å². The second kappa shape index (κ2) is 5.90. The molecular formula is C10H8ClF3INO. The van der Waals surface area contributed by atoms with Crippen molar-refractivity contribution in [1.82, 2.24) is 5.32 Å². The SMILES string of the molecule is O=C(NC(CI)c1ccc(Cl)cc1)C(F)(F)F. The van der Waals surface area contributed by atoms with Crippen molar-refractivity contribution in [2.45, 2.75) is 12.2 Å². The van der Waals surface area contributed by atoms with E-state index in [1.807, 2.05) is 27.9 Å². The monoisotopic (exact) mass is 377 g/mol. The lowest BCUT2D eigenvalue weighted by atomic mass is 10.1. The highest BCUT2D eigenvalue weighted by atomic mass is 127. The second-order valence-corrected chi connectivity index (χ2v) is 4.55. The van der Waals surface area contributed by atoms with E-state index >= 15 is 0 Å². The Bertz CT molecular complexity index is 394. The molecule has 1 amide bonds. The van der Waals surface area contributed by atoms with Crippen molar-refractivity contribution in [3.05, 3.63) is 34.9 Å². The molecule has 1 aromatic rings. The number of nitrogens with one attached hydrogen (secondary N) is 1. The molecule has 0 aliphatic heterocycles. The van der Waals surface area contributed by atoms with Crippen molar-refractivity contribution in [1.29, 1.82) is 0 Å². The van der Waals surface area contributed by atoms with E-state index in [2.05, 4.69) is 0 Å². The summed E-state index contributed by atoms with van der Waals surface area (Å²) in [5, 5.41) is 2.42. The number of alkyl halides is 4. The molecule has 0 saturated carbocycles. The molecule has 0 bridgehead atoms.